The van der Waals surface area contributed by atoms with Gasteiger partial charge < -0.3 is 30.1 Å². The van der Waals surface area contributed by atoms with E-state index in [-0.39, 0.29) is 42.9 Å². The Labute approximate surface area is 197 Å². The highest BCUT2D eigenvalue weighted by Crippen LogP contribution is 2.33. The fourth-order valence-electron chi connectivity index (χ4n) is 5.06. The number of hydrogen-bond acceptors (Lipinski definition) is 6. The largest absolute Gasteiger partial charge is 0.491 e. The molecule has 8 heteroatoms. The number of benzene rings is 1. The third-order valence-electron chi connectivity index (χ3n) is 6.86. The fourth-order valence-corrected chi connectivity index (χ4v) is 5.06. The van der Waals surface area contributed by atoms with Crippen molar-refractivity contribution in [1.82, 2.24) is 10.6 Å². The number of nitrogens with zero attached hydrogens (tertiary/aromatic N) is 1. The van der Waals surface area contributed by atoms with E-state index >= 15 is 0 Å². The number of aliphatic hydroxyl groups is 1. The van der Waals surface area contributed by atoms with Gasteiger partial charge in [-0.1, -0.05) is 6.92 Å². The number of carbonyl (C=O) groups is 2. The lowest BCUT2D eigenvalue weighted by Gasteiger charge is -2.37. The zero-order chi connectivity index (χ0) is 24.0. The average Bonchev–Trinajstić information content (AvgIpc) is 2.79. The number of hydrogen-bond donors (Lipinski definition) is 3. The van der Waals surface area contributed by atoms with Crippen molar-refractivity contribution in [2.45, 2.75) is 59.0 Å². The zero-order valence-corrected chi connectivity index (χ0v) is 20.4. The minimum Gasteiger partial charge on any atom is -0.491 e. The molecule has 3 N–H and O–H groups in total. The first-order chi connectivity index (χ1) is 15.8. The maximum atomic E-state index is 13.3. The molecule has 2 aliphatic heterocycles. The molecule has 0 aliphatic carbocycles. The summed E-state index contributed by atoms with van der Waals surface area (Å²) in [5.41, 5.74) is 2.37. The first kappa shape index (κ1) is 25.3. The van der Waals surface area contributed by atoms with Crippen molar-refractivity contribution in [3.8, 4) is 5.75 Å². The smallest absolute Gasteiger partial charge is 0.251 e. The van der Waals surface area contributed by atoms with E-state index < -0.39 is 0 Å². The first-order valence-electron chi connectivity index (χ1n) is 12.2. The summed E-state index contributed by atoms with van der Waals surface area (Å²) in [4.78, 5) is 28.0. The van der Waals surface area contributed by atoms with Gasteiger partial charge in [0.2, 0.25) is 5.91 Å². The summed E-state index contributed by atoms with van der Waals surface area (Å²) in [5, 5.41) is 15.2. The molecular formula is C25H39N3O5. The van der Waals surface area contributed by atoms with Crippen molar-refractivity contribution < 1.29 is 24.2 Å². The van der Waals surface area contributed by atoms with Gasteiger partial charge >= 0.3 is 0 Å². The summed E-state index contributed by atoms with van der Waals surface area (Å²) in [6.07, 6.45) is 2.77. The standard InChI is InChI=1S/C25H39N3O5/c1-5-28(19-6-9-32-10-7-19)23-14-20(33-11-8-29)13-21(18(23)4)24(30)26-15-22-16(2)12-17(3)27-25(22)31/h13-14,16-17,19,22,29H,5-12,15H2,1-4H3,(H,26,30)(H,27,31). The van der Waals surface area contributed by atoms with Gasteiger partial charge in [0, 0.05) is 55.7 Å². The number of amides is 2. The molecule has 184 valence electrons. The minimum absolute atomic E-state index is 0.00401. The van der Waals surface area contributed by atoms with Crippen molar-refractivity contribution >= 4 is 17.5 Å². The van der Waals surface area contributed by atoms with Gasteiger partial charge in [-0.25, -0.2) is 0 Å². The normalized spacial score (nSPS) is 23.7. The van der Waals surface area contributed by atoms with Crippen LogP contribution in [0.4, 0.5) is 5.69 Å². The Kier molecular flexibility index (Phi) is 8.97. The predicted octanol–water partition coefficient (Wildman–Crippen LogP) is 2.26. The van der Waals surface area contributed by atoms with Crippen LogP contribution < -0.4 is 20.3 Å². The van der Waals surface area contributed by atoms with Crippen LogP contribution >= 0.6 is 0 Å². The molecule has 3 rings (SSSR count). The van der Waals surface area contributed by atoms with E-state index in [1.165, 1.54) is 0 Å². The molecular weight excluding hydrogens is 422 g/mol. The monoisotopic (exact) mass is 461 g/mol. The molecule has 0 radical (unpaired) electrons. The Balaban J connectivity index is 1.84. The van der Waals surface area contributed by atoms with Crippen LogP contribution in [0, 0.1) is 18.8 Å². The molecule has 2 fully saturated rings. The topological polar surface area (TPSA) is 100 Å². The molecule has 2 heterocycles. The molecule has 3 unspecified atom stereocenters. The second-order valence-corrected chi connectivity index (χ2v) is 9.26. The number of rotatable bonds is 9. The van der Waals surface area contributed by atoms with Crippen molar-refractivity contribution in [1.29, 1.82) is 0 Å². The molecule has 0 saturated carbocycles. The highest BCUT2D eigenvalue weighted by Gasteiger charge is 2.32. The van der Waals surface area contributed by atoms with Crippen LogP contribution in [0.5, 0.6) is 5.75 Å². The van der Waals surface area contributed by atoms with E-state index in [0.29, 0.717) is 23.9 Å². The van der Waals surface area contributed by atoms with E-state index in [2.05, 4.69) is 29.4 Å². The Morgan fingerprint density at radius 1 is 1.30 bits per heavy atom. The van der Waals surface area contributed by atoms with Gasteiger partial charge in [0.25, 0.3) is 5.91 Å². The number of anilines is 1. The number of nitrogens with one attached hydrogen (secondary N) is 2. The molecule has 1 aromatic carbocycles. The second-order valence-electron chi connectivity index (χ2n) is 9.26. The zero-order valence-electron chi connectivity index (χ0n) is 20.4. The lowest BCUT2D eigenvalue weighted by molar-refractivity contribution is -0.129. The molecule has 0 aromatic heterocycles. The summed E-state index contributed by atoms with van der Waals surface area (Å²) >= 11 is 0. The quantitative estimate of drug-likeness (QED) is 0.522. The van der Waals surface area contributed by atoms with Crippen molar-refractivity contribution in [3.63, 3.8) is 0 Å². The van der Waals surface area contributed by atoms with Gasteiger partial charge in [-0.3, -0.25) is 9.59 Å². The van der Waals surface area contributed by atoms with E-state index in [1.807, 2.05) is 19.9 Å². The van der Waals surface area contributed by atoms with Crippen LogP contribution in [0.1, 0.15) is 56.0 Å². The third-order valence-corrected chi connectivity index (χ3v) is 6.86. The van der Waals surface area contributed by atoms with Crippen molar-refractivity contribution in [2.75, 3.05) is 44.4 Å². The van der Waals surface area contributed by atoms with Crippen molar-refractivity contribution in [2.24, 2.45) is 11.8 Å². The van der Waals surface area contributed by atoms with Gasteiger partial charge in [0.15, 0.2) is 0 Å². The highest BCUT2D eigenvalue weighted by molar-refractivity contribution is 5.98. The van der Waals surface area contributed by atoms with Crippen LogP contribution in [-0.2, 0) is 9.53 Å². The summed E-state index contributed by atoms with van der Waals surface area (Å²) in [6, 6.07) is 4.18. The SMILES string of the molecule is CCN(c1cc(OCCO)cc(C(=O)NCC2C(=O)NC(C)CC2C)c1C)C1CCOCC1. The second kappa shape index (κ2) is 11.7. The third kappa shape index (κ3) is 6.18. The molecule has 3 atom stereocenters. The molecule has 1 aromatic rings. The average molecular weight is 462 g/mol. The van der Waals surface area contributed by atoms with Crippen LogP contribution in [-0.4, -0.2) is 68.5 Å². The fraction of sp³-hybridized carbons (Fsp3) is 0.680. The molecule has 33 heavy (non-hydrogen) atoms. The molecule has 2 amide bonds. The Morgan fingerprint density at radius 2 is 2.03 bits per heavy atom. The van der Waals surface area contributed by atoms with Gasteiger partial charge in [0.1, 0.15) is 12.4 Å². The number of aliphatic hydroxyl groups excluding tert-OH is 1. The summed E-state index contributed by atoms with van der Waals surface area (Å²) in [7, 11) is 0. The Morgan fingerprint density at radius 3 is 2.67 bits per heavy atom. The summed E-state index contributed by atoms with van der Waals surface area (Å²) in [5.74, 6) is 0.292. The van der Waals surface area contributed by atoms with Crippen LogP contribution in [0.25, 0.3) is 0 Å². The summed E-state index contributed by atoms with van der Waals surface area (Å²) in [6.45, 7) is 10.7. The molecule has 0 spiro atoms. The van der Waals surface area contributed by atoms with Crippen LogP contribution in [0.15, 0.2) is 12.1 Å². The molecule has 2 aliphatic rings. The summed E-state index contributed by atoms with van der Waals surface area (Å²) < 4.78 is 11.3. The van der Waals surface area contributed by atoms with Gasteiger partial charge in [-0.05, 0) is 57.6 Å². The Bertz CT molecular complexity index is 825. The molecule has 2 saturated heterocycles. The minimum atomic E-state index is -0.242. The predicted molar refractivity (Wildman–Crippen MR) is 128 cm³/mol. The van der Waals surface area contributed by atoms with Crippen molar-refractivity contribution in [3.05, 3.63) is 23.3 Å². The van der Waals surface area contributed by atoms with E-state index in [9.17, 15) is 14.7 Å². The van der Waals surface area contributed by atoms with Gasteiger partial charge in [-0.15, -0.1) is 0 Å². The number of piperidine rings is 1. The first-order valence-corrected chi connectivity index (χ1v) is 12.2. The van der Waals surface area contributed by atoms with E-state index in [1.54, 1.807) is 6.07 Å². The molecule has 0 bridgehead atoms. The van der Waals surface area contributed by atoms with E-state index in [4.69, 9.17) is 9.47 Å². The molecule has 8 nitrogen and oxygen atoms in total. The maximum Gasteiger partial charge on any atom is 0.251 e. The maximum absolute atomic E-state index is 13.3. The van der Waals surface area contributed by atoms with Crippen LogP contribution in [0.3, 0.4) is 0 Å². The van der Waals surface area contributed by atoms with Gasteiger partial charge in [-0.2, -0.15) is 0 Å². The number of ether oxygens (including phenoxy) is 2. The van der Waals surface area contributed by atoms with Crippen LogP contribution in [0.2, 0.25) is 0 Å². The lowest BCUT2D eigenvalue weighted by atomic mass is 9.84. The van der Waals surface area contributed by atoms with E-state index in [0.717, 1.165) is 50.3 Å². The Hall–Kier alpha value is -2.32. The highest BCUT2D eigenvalue weighted by atomic mass is 16.5. The lowest BCUT2D eigenvalue weighted by Crippen LogP contribution is -2.50. The number of carbonyl (C=O) groups excluding carboxylic acids is 2. The van der Waals surface area contributed by atoms with Gasteiger partial charge in [0.05, 0.1) is 12.5 Å².